The van der Waals surface area contributed by atoms with E-state index < -0.39 is 0 Å². The lowest BCUT2D eigenvalue weighted by molar-refractivity contribution is 0.236. The van der Waals surface area contributed by atoms with Crippen LogP contribution >= 0.6 is 0 Å². The molecule has 0 spiro atoms. The van der Waals surface area contributed by atoms with Gasteiger partial charge < -0.3 is 15.4 Å². The molecule has 0 heterocycles. The Morgan fingerprint density at radius 2 is 1.71 bits per heavy atom. The molecule has 2 amide bonds. The molecular formula is C17H28N2O2. The van der Waals surface area contributed by atoms with E-state index in [0.29, 0.717) is 13.2 Å². The number of carbonyl (C=O) groups excluding carboxylic acids is 1. The third kappa shape index (κ3) is 7.02. The van der Waals surface area contributed by atoms with Gasteiger partial charge in [-0.05, 0) is 29.5 Å². The number of benzene rings is 1. The van der Waals surface area contributed by atoms with Crippen LogP contribution in [-0.4, -0.2) is 25.7 Å². The summed E-state index contributed by atoms with van der Waals surface area (Å²) in [6.07, 6.45) is 2.08. The smallest absolute Gasteiger partial charge is 0.314 e. The summed E-state index contributed by atoms with van der Waals surface area (Å²) >= 11 is 0. The summed E-state index contributed by atoms with van der Waals surface area (Å²) in [5, 5.41) is 5.57. The van der Waals surface area contributed by atoms with Crippen LogP contribution in [0.2, 0.25) is 0 Å². The van der Waals surface area contributed by atoms with E-state index >= 15 is 0 Å². The number of unbranched alkanes of at least 4 members (excludes halogenated alkanes) is 1. The molecule has 1 aromatic carbocycles. The predicted octanol–water partition coefficient (Wildman–Crippen LogP) is 3.46. The Labute approximate surface area is 128 Å². The Morgan fingerprint density at radius 1 is 1.10 bits per heavy atom. The van der Waals surface area contributed by atoms with E-state index in [4.69, 9.17) is 4.74 Å². The highest BCUT2D eigenvalue weighted by Crippen LogP contribution is 2.24. The number of ether oxygens (including phenoxy) is 1. The molecule has 0 radical (unpaired) electrons. The van der Waals surface area contributed by atoms with Gasteiger partial charge in [0.25, 0.3) is 0 Å². The van der Waals surface area contributed by atoms with Gasteiger partial charge in [-0.15, -0.1) is 0 Å². The topological polar surface area (TPSA) is 50.4 Å². The standard InChI is InChI=1S/C17H28N2O2/c1-5-6-11-18-16(20)19-12-13-21-15-9-7-14(8-10-15)17(2,3)4/h7-10H,5-6,11-13H2,1-4H3,(H2,18,19,20). The van der Waals surface area contributed by atoms with Crippen molar-refractivity contribution < 1.29 is 9.53 Å². The molecule has 0 aromatic heterocycles. The highest BCUT2D eigenvalue weighted by Gasteiger charge is 2.12. The summed E-state index contributed by atoms with van der Waals surface area (Å²) in [4.78, 5) is 11.4. The third-order valence-electron chi connectivity index (χ3n) is 3.19. The van der Waals surface area contributed by atoms with Crippen molar-refractivity contribution in [2.24, 2.45) is 0 Å². The highest BCUT2D eigenvalue weighted by atomic mass is 16.5. The summed E-state index contributed by atoms with van der Waals surface area (Å²) in [5.41, 5.74) is 1.43. The molecule has 4 heteroatoms. The summed E-state index contributed by atoms with van der Waals surface area (Å²) in [6.45, 7) is 10.3. The number of hydrogen-bond acceptors (Lipinski definition) is 2. The molecule has 0 aliphatic rings. The van der Waals surface area contributed by atoms with Gasteiger partial charge >= 0.3 is 6.03 Å². The number of nitrogens with one attached hydrogen (secondary N) is 2. The minimum absolute atomic E-state index is 0.130. The molecule has 118 valence electrons. The van der Waals surface area contributed by atoms with Crippen molar-refractivity contribution in [3.8, 4) is 5.75 Å². The monoisotopic (exact) mass is 292 g/mol. The normalized spacial score (nSPS) is 11.0. The maximum absolute atomic E-state index is 11.4. The zero-order valence-electron chi connectivity index (χ0n) is 13.7. The van der Waals surface area contributed by atoms with Crippen molar-refractivity contribution in [2.45, 2.75) is 46.0 Å². The van der Waals surface area contributed by atoms with Crippen LogP contribution in [0.5, 0.6) is 5.75 Å². The van der Waals surface area contributed by atoms with Gasteiger partial charge in [0.1, 0.15) is 12.4 Å². The largest absolute Gasteiger partial charge is 0.492 e. The van der Waals surface area contributed by atoms with E-state index in [0.717, 1.165) is 25.1 Å². The maximum Gasteiger partial charge on any atom is 0.314 e. The Balaban J connectivity index is 2.22. The van der Waals surface area contributed by atoms with Crippen molar-refractivity contribution in [2.75, 3.05) is 19.7 Å². The van der Waals surface area contributed by atoms with Gasteiger partial charge in [0.15, 0.2) is 0 Å². The van der Waals surface area contributed by atoms with Crippen LogP contribution in [0.25, 0.3) is 0 Å². The van der Waals surface area contributed by atoms with Gasteiger partial charge in [-0.2, -0.15) is 0 Å². The van der Waals surface area contributed by atoms with E-state index in [-0.39, 0.29) is 11.4 Å². The fourth-order valence-electron chi connectivity index (χ4n) is 1.83. The van der Waals surface area contributed by atoms with E-state index in [9.17, 15) is 4.79 Å². The van der Waals surface area contributed by atoms with E-state index in [1.165, 1.54) is 5.56 Å². The minimum atomic E-state index is -0.130. The fourth-order valence-corrected chi connectivity index (χ4v) is 1.83. The molecule has 21 heavy (non-hydrogen) atoms. The van der Waals surface area contributed by atoms with Crippen LogP contribution in [0.3, 0.4) is 0 Å². The second kappa shape index (κ2) is 8.55. The van der Waals surface area contributed by atoms with E-state index in [2.05, 4.69) is 50.5 Å². The SMILES string of the molecule is CCCCNC(=O)NCCOc1ccc(C(C)(C)C)cc1. The predicted molar refractivity (Wildman–Crippen MR) is 86.9 cm³/mol. The summed E-state index contributed by atoms with van der Waals surface area (Å²) < 4.78 is 5.61. The third-order valence-corrected chi connectivity index (χ3v) is 3.19. The Hall–Kier alpha value is -1.71. The Bertz CT molecular complexity index is 421. The fraction of sp³-hybridized carbons (Fsp3) is 0.588. The summed E-state index contributed by atoms with van der Waals surface area (Å²) in [7, 11) is 0. The zero-order valence-corrected chi connectivity index (χ0v) is 13.7. The van der Waals surface area contributed by atoms with Crippen LogP contribution in [-0.2, 0) is 5.41 Å². The number of amides is 2. The molecule has 0 saturated heterocycles. The summed E-state index contributed by atoms with van der Waals surface area (Å²) in [5.74, 6) is 0.830. The van der Waals surface area contributed by atoms with Crippen LogP contribution in [0.15, 0.2) is 24.3 Å². The lowest BCUT2D eigenvalue weighted by atomic mass is 9.87. The minimum Gasteiger partial charge on any atom is -0.492 e. The zero-order chi connectivity index (χ0) is 15.7. The van der Waals surface area contributed by atoms with E-state index in [1.807, 2.05) is 12.1 Å². The molecule has 0 saturated carbocycles. The van der Waals surface area contributed by atoms with Crippen molar-refractivity contribution in [3.63, 3.8) is 0 Å². The number of carbonyl (C=O) groups is 1. The molecule has 1 aromatic rings. The van der Waals surface area contributed by atoms with Crippen molar-refractivity contribution in [1.29, 1.82) is 0 Å². The lowest BCUT2D eigenvalue weighted by Crippen LogP contribution is -2.38. The average Bonchev–Trinajstić information content (AvgIpc) is 2.43. The van der Waals surface area contributed by atoms with Gasteiger partial charge in [0.05, 0.1) is 6.54 Å². The average molecular weight is 292 g/mol. The molecule has 0 aliphatic carbocycles. The van der Waals surface area contributed by atoms with Gasteiger partial charge in [-0.25, -0.2) is 4.79 Å². The van der Waals surface area contributed by atoms with Crippen molar-refractivity contribution >= 4 is 6.03 Å². The van der Waals surface area contributed by atoms with Crippen LogP contribution in [0.4, 0.5) is 4.79 Å². The molecular weight excluding hydrogens is 264 g/mol. The Kier molecular flexibility index (Phi) is 7.06. The summed E-state index contributed by atoms with van der Waals surface area (Å²) in [6, 6.07) is 7.99. The first kappa shape index (κ1) is 17.3. The van der Waals surface area contributed by atoms with E-state index in [1.54, 1.807) is 0 Å². The van der Waals surface area contributed by atoms with Gasteiger partial charge in [-0.1, -0.05) is 46.2 Å². The molecule has 0 fully saturated rings. The van der Waals surface area contributed by atoms with Crippen LogP contribution < -0.4 is 15.4 Å². The number of hydrogen-bond donors (Lipinski definition) is 2. The van der Waals surface area contributed by atoms with Gasteiger partial charge in [0.2, 0.25) is 0 Å². The molecule has 2 N–H and O–H groups in total. The number of urea groups is 1. The molecule has 0 aliphatic heterocycles. The first-order valence-electron chi connectivity index (χ1n) is 7.68. The molecule has 4 nitrogen and oxygen atoms in total. The first-order chi connectivity index (χ1) is 9.93. The molecule has 0 bridgehead atoms. The lowest BCUT2D eigenvalue weighted by Gasteiger charge is -2.19. The van der Waals surface area contributed by atoms with Crippen molar-refractivity contribution in [1.82, 2.24) is 10.6 Å². The first-order valence-corrected chi connectivity index (χ1v) is 7.68. The second-order valence-electron chi connectivity index (χ2n) is 6.16. The molecule has 1 rings (SSSR count). The van der Waals surface area contributed by atoms with Gasteiger partial charge in [0, 0.05) is 6.54 Å². The second-order valence-corrected chi connectivity index (χ2v) is 6.16. The molecule has 0 atom stereocenters. The number of rotatable bonds is 7. The van der Waals surface area contributed by atoms with Crippen LogP contribution in [0.1, 0.15) is 46.1 Å². The highest BCUT2D eigenvalue weighted by molar-refractivity contribution is 5.73. The Morgan fingerprint density at radius 3 is 2.29 bits per heavy atom. The molecule has 0 unspecified atom stereocenters. The van der Waals surface area contributed by atoms with Crippen LogP contribution in [0, 0.1) is 0 Å². The maximum atomic E-state index is 11.4. The quantitative estimate of drug-likeness (QED) is 0.756. The van der Waals surface area contributed by atoms with Gasteiger partial charge in [-0.3, -0.25) is 0 Å². The van der Waals surface area contributed by atoms with Crippen molar-refractivity contribution in [3.05, 3.63) is 29.8 Å².